The molecule has 128 valence electrons. The van der Waals surface area contributed by atoms with Crippen LogP contribution in [0.15, 0.2) is 72.4 Å². The third-order valence-corrected chi connectivity index (χ3v) is 4.27. The Morgan fingerprint density at radius 2 is 1.71 bits per heavy atom. The van der Waals surface area contributed by atoms with Crippen LogP contribution in [0.25, 0.3) is 0 Å². The first-order valence-corrected chi connectivity index (χ1v) is 8.28. The van der Waals surface area contributed by atoms with Crippen LogP contribution in [-0.4, -0.2) is 44.2 Å². The van der Waals surface area contributed by atoms with Crippen molar-refractivity contribution < 1.29 is 9.53 Å². The normalized spacial score (nSPS) is 33.5. The van der Waals surface area contributed by atoms with Crippen LogP contribution in [0.4, 0.5) is 0 Å². The van der Waals surface area contributed by atoms with E-state index in [2.05, 4.69) is 17.1 Å². The van der Waals surface area contributed by atoms with E-state index in [1.54, 1.807) is 7.11 Å². The van der Waals surface area contributed by atoms with Gasteiger partial charge in [0, 0.05) is 32.7 Å². The van der Waals surface area contributed by atoms with Crippen LogP contribution in [0.2, 0.25) is 0 Å². The summed E-state index contributed by atoms with van der Waals surface area (Å²) in [5, 5.41) is 0. The maximum absolute atomic E-state index is 11.9. The molecule has 1 fully saturated rings. The van der Waals surface area contributed by atoms with Crippen LogP contribution in [0, 0.1) is 11.8 Å². The van der Waals surface area contributed by atoms with Gasteiger partial charge in [-0.25, -0.2) is 0 Å². The van der Waals surface area contributed by atoms with Gasteiger partial charge in [0.1, 0.15) is 0 Å². The van der Waals surface area contributed by atoms with E-state index in [0.29, 0.717) is 13.2 Å². The fourth-order valence-corrected chi connectivity index (χ4v) is 3.00. The molecular weight excluding hydrogens is 300 g/mol. The molecule has 0 radical (unpaired) electrons. The second kappa shape index (κ2) is 9.85. The van der Waals surface area contributed by atoms with Gasteiger partial charge in [-0.05, 0) is 5.57 Å². The standard InChI is InChI=1S/C20H26N2O2/c1-24-14-13-22-15-18(19(16-22)20(21)23)17-11-9-7-5-3-2-4-6-8-10-12-17/h2-12,18-19H,13-16H2,1H3,(H2,21,23)/b3-2-,4-2?,5-3?,6-4-,7-5-,8-6?,9-7?,10-8-,11-9-,12-10?,17-11?,17-12+/t18-,19?/m1/s1. The summed E-state index contributed by atoms with van der Waals surface area (Å²) < 4.78 is 5.15. The van der Waals surface area contributed by atoms with Crippen molar-refractivity contribution in [2.45, 2.75) is 0 Å². The van der Waals surface area contributed by atoms with Crippen LogP contribution < -0.4 is 5.73 Å². The molecule has 1 saturated heterocycles. The second-order valence-electron chi connectivity index (χ2n) is 5.93. The number of nitrogens with zero attached hydrogens (tertiary/aromatic N) is 1. The Kier molecular flexibility index (Phi) is 7.46. The molecule has 1 amide bonds. The quantitative estimate of drug-likeness (QED) is 0.844. The van der Waals surface area contributed by atoms with Gasteiger partial charge in [-0.1, -0.05) is 66.8 Å². The number of hydrogen-bond donors (Lipinski definition) is 1. The molecular formula is C20H26N2O2. The summed E-state index contributed by atoms with van der Waals surface area (Å²) in [6, 6.07) is 0. The van der Waals surface area contributed by atoms with E-state index >= 15 is 0 Å². The SMILES string of the molecule is COCCN1CC(C(N)=O)[C@@H](C2=C/C=C\C=C/C=C\C=C/C=C\2)C1. The molecule has 2 N–H and O–H groups in total. The lowest BCUT2D eigenvalue weighted by Crippen LogP contribution is -2.31. The fourth-order valence-electron chi connectivity index (χ4n) is 3.00. The lowest BCUT2D eigenvalue weighted by atomic mass is 9.87. The smallest absolute Gasteiger partial charge is 0.222 e. The average molecular weight is 326 g/mol. The molecule has 0 aromatic carbocycles. The molecule has 4 nitrogen and oxygen atoms in total. The molecule has 1 heterocycles. The minimum atomic E-state index is -0.234. The number of primary amides is 1. The zero-order valence-electron chi connectivity index (χ0n) is 14.2. The summed E-state index contributed by atoms with van der Waals surface area (Å²) in [5.41, 5.74) is 6.78. The van der Waals surface area contributed by atoms with Crippen molar-refractivity contribution in [2.75, 3.05) is 33.4 Å². The predicted octanol–water partition coefficient (Wildman–Crippen LogP) is 2.39. The van der Waals surface area contributed by atoms with Crippen LogP contribution >= 0.6 is 0 Å². The molecule has 1 aliphatic carbocycles. The van der Waals surface area contributed by atoms with E-state index in [-0.39, 0.29) is 17.7 Å². The van der Waals surface area contributed by atoms with E-state index in [1.807, 2.05) is 54.7 Å². The van der Waals surface area contributed by atoms with Crippen molar-refractivity contribution in [1.82, 2.24) is 4.90 Å². The second-order valence-corrected chi connectivity index (χ2v) is 5.93. The summed E-state index contributed by atoms with van der Waals surface area (Å²) in [6.07, 6.45) is 22.0. The Labute approximate surface area is 144 Å². The molecule has 0 saturated carbocycles. The molecule has 1 aliphatic heterocycles. The van der Waals surface area contributed by atoms with Gasteiger partial charge in [-0.2, -0.15) is 0 Å². The average Bonchev–Trinajstić information content (AvgIpc) is 2.98. The Balaban J connectivity index is 2.21. The number of carbonyl (C=O) groups excluding carboxylic acids is 1. The van der Waals surface area contributed by atoms with E-state index in [4.69, 9.17) is 10.5 Å². The largest absolute Gasteiger partial charge is 0.383 e. The number of likely N-dealkylation sites (tertiary alicyclic amines) is 1. The van der Waals surface area contributed by atoms with Crippen molar-refractivity contribution in [3.8, 4) is 0 Å². The zero-order chi connectivity index (χ0) is 17.2. The Morgan fingerprint density at radius 3 is 2.33 bits per heavy atom. The molecule has 24 heavy (non-hydrogen) atoms. The van der Waals surface area contributed by atoms with Crippen LogP contribution in [-0.2, 0) is 9.53 Å². The highest BCUT2D eigenvalue weighted by molar-refractivity contribution is 5.78. The lowest BCUT2D eigenvalue weighted by molar-refractivity contribution is -0.122. The lowest BCUT2D eigenvalue weighted by Gasteiger charge is -2.17. The number of methoxy groups -OCH3 is 1. The number of nitrogens with two attached hydrogens (primary N) is 1. The monoisotopic (exact) mass is 326 g/mol. The number of ether oxygens (including phenoxy) is 1. The van der Waals surface area contributed by atoms with Crippen LogP contribution in [0.3, 0.4) is 0 Å². The molecule has 0 spiro atoms. The van der Waals surface area contributed by atoms with Crippen LogP contribution in [0.1, 0.15) is 0 Å². The Bertz CT molecular complexity index is 597. The molecule has 4 heteroatoms. The highest BCUT2D eigenvalue weighted by atomic mass is 16.5. The predicted molar refractivity (Wildman–Crippen MR) is 98.3 cm³/mol. The van der Waals surface area contributed by atoms with Crippen molar-refractivity contribution in [3.63, 3.8) is 0 Å². The van der Waals surface area contributed by atoms with Gasteiger partial charge in [-0.3, -0.25) is 9.69 Å². The van der Waals surface area contributed by atoms with Gasteiger partial charge in [0.15, 0.2) is 0 Å². The van der Waals surface area contributed by atoms with Crippen molar-refractivity contribution in [3.05, 3.63) is 72.4 Å². The van der Waals surface area contributed by atoms with Gasteiger partial charge in [0.2, 0.25) is 5.91 Å². The molecule has 2 rings (SSSR count). The molecule has 2 atom stereocenters. The van der Waals surface area contributed by atoms with E-state index in [1.165, 1.54) is 0 Å². The van der Waals surface area contributed by atoms with Gasteiger partial charge >= 0.3 is 0 Å². The summed E-state index contributed by atoms with van der Waals surface area (Å²) in [7, 11) is 1.69. The van der Waals surface area contributed by atoms with E-state index < -0.39 is 0 Å². The molecule has 0 aromatic rings. The Hall–Kier alpha value is -2.17. The van der Waals surface area contributed by atoms with Crippen molar-refractivity contribution in [2.24, 2.45) is 17.6 Å². The number of amides is 1. The number of carbonyl (C=O) groups is 1. The number of rotatable bonds is 5. The number of hydrogen-bond acceptors (Lipinski definition) is 3. The zero-order valence-corrected chi connectivity index (χ0v) is 14.2. The highest BCUT2D eigenvalue weighted by Gasteiger charge is 2.37. The summed E-state index contributed by atoms with van der Waals surface area (Å²) >= 11 is 0. The van der Waals surface area contributed by atoms with Crippen LogP contribution in [0.5, 0.6) is 0 Å². The summed E-state index contributed by atoms with van der Waals surface area (Å²) in [6.45, 7) is 2.99. The highest BCUT2D eigenvalue weighted by Crippen LogP contribution is 2.30. The minimum Gasteiger partial charge on any atom is -0.383 e. The minimum absolute atomic E-state index is 0.108. The first-order chi connectivity index (χ1) is 11.7. The van der Waals surface area contributed by atoms with Gasteiger partial charge in [0.05, 0.1) is 12.5 Å². The topological polar surface area (TPSA) is 55.6 Å². The first kappa shape index (κ1) is 18.2. The Morgan fingerprint density at radius 1 is 1.08 bits per heavy atom. The third kappa shape index (κ3) is 5.48. The van der Waals surface area contributed by atoms with E-state index in [0.717, 1.165) is 18.7 Å². The van der Waals surface area contributed by atoms with E-state index in [9.17, 15) is 4.79 Å². The first-order valence-electron chi connectivity index (χ1n) is 8.28. The summed E-state index contributed by atoms with van der Waals surface area (Å²) in [4.78, 5) is 14.2. The van der Waals surface area contributed by atoms with Crippen molar-refractivity contribution >= 4 is 5.91 Å². The van der Waals surface area contributed by atoms with Crippen molar-refractivity contribution in [1.29, 1.82) is 0 Å². The van der Waals surface area contributed by atoms with Gasteiger partial charge < -0.3 is 10.5 Å². The molecule has 0 aromatic heterocycles. The number of allylic oxidation sites excluding steroid dienone is 11. The molecule has 2 aliphatic rings. The van der Waals surface area contributed by atoms with Gasteiger partial charge in [-0.15, -0.1) is 0 Å². The summed E-state index contributed by atoms with van der Waals surface area (Å²) in [5.74, 6) is -0.294. The fraction of sp³-hybridized carbons (Fsp3) is 0.350. The maximum atomic E-state index is 11.9. The maximum Gasteiger partial charge on any atom is 0.222 e. The third-order valence-electron chi connectivity index (χ3n) is 4.27. The molecule has 0 bridgehead atoms. The van der Waals surface area contributed by atoms with Gasteiger partial charge in [0.25, 0.3) is 0 Å². The molecule has 1 unspecified atom stereocenters.